The lowest BCUT2D eigenvalue weighted by Gasteiger charge is -2.64. The number of thiophene rings is 1. The zero-order valence-electron chi connectivity index (χ0n) is 26.1. The molecule has 0 radical (unpaired) electrons. The van der Waals surface area contributed by atoms with Crippen LogP contribution in [0.2, 0.25) is 13.1 Å². The molecule has 3 aliphatic heterocycles. The zero-order valence-corrected chi connectivity index (χ0v) is 28.8. The predicted octanol–water partition coefficient (Wildman–Crippen LogP) is 6.86. The molecule has 1 atom stereocenters. The molecule has 0 N–H and O–H groups in total. The molecular weight excluding hydrogens is 599 g/mol. The minimum Gasteiger partial charge on any atom is -0.302 e. The lowest BCUT2D eigenvalue weighted by molar-refractivity contribution is -0.132. The Hall–Kier alpha value is -2.81. The molecule has 1 saturated heterocycles. The molecule has 8 aliphatic rings. The third-order valence-electron chi connectivity index (χ3n) is 12.5. The lowest BCUT2D eigenvalue weighted by Crippen LogP contribution is -2.60. The topological polar surface area (TPSA) is 43.9 Å². The Labute approximate surface area is 270 Å². The van der Waals surface area contributed by atoms with Crippen molar-refractivity contribution in [1.29, 1.82) is 0 Å². The first-order chi connectivity index (χ1) is 21.0. The number of likely N-dealkylation sites (N-methyl/N-ethyl adjacent to an activating group) is 2. The molecule has 10 rings (SSSR count). The molecule has 2 amide bonds. The second-order valence-electron chi connectivity index (χ2n) is 15.2. The highest BCUT2D eigenvalue weighted by atomic mass is 32.1. The summed E-state index contributed by atoms with van der Waals surface area (Å²) in [5.41, 5.74) is 6.04. The number of fused-ring (bicyclic) bond motifs is 3. The zero-order chi connectivity index (χ0) is 30.4. The van der Waals surface area contributed by atoms with E-state index in [9.17, 15) is 9.59 Å². The van der Waals surface area contributed by atoms with Crippen LogP contribution in [0.4, 0.5) is 10.7 Å². The summed E-state index contributed by atoms with van der Waals surface area (Å²) in [6.07, 6.45) is 14.5. The number of benzene rings is 1. The molecule has 5 fully saturated rings. The average molecular weight is 638 g/mol. The van der Waals surface area contributed by atoms with Gasteiger partial charge < -0.3 is 4.90 Å². The molecule has 44 heavy (non-hydrogen) atoms. The Kier molecular flexibility index (Phi) is 5.57. The van der Waals surface area contributed by atoms with Crippen molar-refractivity contribution >= 4 is 70.5 Å². The second kappa shape index (κ2) is 8.92. The number of thiocarbonyl (C=S) groups is 1. The van der Waals surface area contributed by atoms with Crippen molar-refractivity contribution in [2.45, 2.75) is 64.0 Å². The maximum atomic E-state index is 13.4. The van der Waals surface area contributed by atoms with Gasteiger partial charge in [0.2, 0.25) is 0 Å². The maximum Gasteiger partial charge on any atom is 0.265 e. The summed E-state index contributed by atoms with van der Waals surface area (Å²) < 4.78 is 0. The molecule has 8 heteroatoms. The van der Waals surface area contributed by atoms with Crippen LogP contribution in [-0.2, 0) is 15.0 Å². The van der Waals surface area contributed by atoms with Gasteiger partial charge in [0.05, 0.1) is 5.69 Å². The molecule has 2 aromatic rings. The highest BCUT2D eigenvalue weighted by Gasteiger charge is 2.63. The van der Waals surface area contributed by atoms with Gasteiger partial charge in [-0.3, -0.25) is 19.4 Å². The summed E-state index contributed by atoms with van der Waals surface area (Å²) in [4.78, 5) is 33.2. The number of hydrogen-bond donors (Lipinski definition) is 0. The van der Waals surface area contributed by atoms with Crippen LogP contribution in [0, 0.1) is 29.6 Å². The van der Waals surface area contributed by atoms with E-state index in [0.29, 0.717) is 17.8 Å². The van der Waals surface area contributed by atoms with Crippen molar-refractivity contribution in [2.75, 3.05) is 19.0 Å². The van der Waals surface area contributed by atoms with Crippen LogP contribution < -0.4 is 10.1 Å². The number of para-hydroxylation sites is 1. The van der Waals surface area contributed by atoms with E-state index in [2.05, 4.69) is 61.3 Å². The first-order valence-electron chi connectivity index (χ1n) is 16.3. The van der Waals surface area contributed by atoms with E-state index in [-0.39, 0.29) is 27.9 Å². The number of allylic oxidation sites excluding steroid dienone is 3. The van der Waals surface area contributed by atoms with Gasteiger partial charge in [-0.1, -0.05) is 49.5 Å². The number of amides is 2. The summed E-state index contributed by atoms with van der Waals surface area (Å²) in [6.45, 7) is 7.49. The van der Waals surface area contributed by atoms with Crippen LogP contribution in [0.3, 0.4) is 0 Å². The highest BCUT2D eigenvalue weighted by Crippen LogP contribution is 2.70. The third kappa shape index (κ3) is 3.27. The fourth-order valence-electron chi connectivity index (χ4n) is 10.8. The molecular formula is C36H39N3O2S2Si. The van der Waals surface area contributed by atoms with Crippen molar-refractivity contribution in [3.63, 3.8) is 0 Å². The van der Waals surface area contributed by atoms with Crippen molar-refractivity contribution in [3.8, 4) is 0 Å². The van der Waals surface area contributed by atoms with Crippen molar-refractivity contribution < 1.29 is 9.59 Å². The normalized spacial score (nSPS) is 34.2. The number of carbonyl (C=O) groups excluding carboxylic acids is 2. The van der Waals surface area contributed by atoms with E-state index in [4.69, 9.17) is 12.2 Å². The maximum absolute atomic E-state index is 13.4. The largest absolute Gasteiger partial charge is 0.302 e. The Bertz CT molecular complexity index is 1760. The fourth-order valence-corrected chi connectivity index (χ4v) is 15.5. The minimum absolute atomic E-state index is 0.0121. The van der Waals surface area contributed by atoms with Crippen molar-refractivity contribution in [3.05, 3.63) is 68.9 Å². The van der Waals surface area contributed by atoms with Gasteiger partial charge in [-0.25, -0.2) is 0 Å². The summed E-state index contributed by atoms with van der Waals surface area (Å²) in [6, 6.07) is 9.68. The molecule has 4 saturated carbocycles. The summed E-state index contributed by atoms with van der Waals surface area (Å²) in [7, 11) is 1.40. The van der Waals surface area contributed by atoms with Crippen LogP contribution in [0.25, 0.3) is 6.08 Å². The molecule has 1 spiro atoms. The third-order valence-corrected chi connectivity index (χ3v) is 17.9. The Morgan fingerprint density at radius 1 is 0.977 bits per heavy atom. The van der Waals surface area contributed by atoms with Gasteiger partial charge in [0.1, 0.15) is 18.6 Å². The summed E-state index contributed by atoms with van der Waals surface area (Å²) in [5, 5.41) is 4.79. The quantitative estimate of drug-likeness (QED) is 0.148. The number of carbonyl (C=O) groups is 2. The predicted molar refractivity (Wildman–Crippen MR) is 184 cm³/mol. The number of rotatable bonds is 1. The van der Waals surface area contributed by atoms with E-state index in [1.165, 1.54) is 63.9 Å². The van der Waals surface area contributed by atoms with Crippen LogP contribution in [0.1, 0.15) is 61.5 Å². The SMILES string of the molecule is CC1C=CC2=C(C1)[Si](C)(C)c1cccc3c1N2c1sc(C=C2C(=O)N(C)C(=S)N(C)C2=O)cc1C31C2CC3CC(C2)CC1C3. The van der Waals surface area contributed by atoms with E-state index in [1.54, 1.807) is 41.4 Å². The Balaban J connectivity index is 1.32. The van der Waals surface area contributed by atoms with Crippen LogP contribution >= 0.6 is 23.6 Å². The van der Waals surface area contributed by atoms with Gasteiger partial charge in [-0.2, -0.15) is 0 Å². The fraction of sp³-hybridized carbons (Fsp3) is 0.472. The molecule has 226 valence electrons. The highest BCUT2D eigenvalue weighted by molar-refractivity contribution is 7.80. The number of anilines is 2. The number of nitrogens with zero attached hydrogens (tertiary/aromatic N) is 3. The van der Waals surface area contributed by atoms with Crippen molar-refractivity contribution in [1.82, 2.24) is 9.80 Å². The monoisotopic (exact) mass is 637 g/mol. The van der Waals surface area contributed by atoms with Crippen molar-refractivity contribution in [2.24, 2.45) is 29.6 Å². The summed E-state index contributed by atoms with van der Waals surface area (Å²) in [5.74, 6) is 2.89. The second-order valence-corrected chi connectivity index (χ2v) is 21.0. The van der Waals surface area contributed by atoms with Crippen LogP contribution in [0.15, 0.2) is 52.9 Å². The standard InChI is InChI=1S/C36H39N3O2S2Si/c1-19-9-10-28-30(11-19)44(4,5)29-8-6-7-26-31(29)39(28)34-27(36(26)22-13-20-12-21(15-22)16-23(36)14-20)18-24(43-34)17-25-32(40)37(2)35(42)38(3)33(25)41/h6-10,17-23H,11-16H2,1-5H3. The Morgan fingerprint density at radius 2 is 1.64 bits per heavy atom. The molecule has 1 aromatic carbocycles. The molecule has 4 bridgehead atoms. The first kappa shape index (κ1) is 27.5. The first-order valence-corrected chi connectivity index (χ1v) is 20.6. The molecule has 1 aromatic heterocycles. The molecule has 5 aliphatic carbocycles. The number of hydrogen-bond acceptors (Lipinski definition) is 5. The van der Waals surface area contributed by atoms with E-state index < -0.39 is 8.07 Å². The molecule has 5 nitrogen and oxygen atoms in total. The van der Waals surface area contributed by atoms with Gasteiger partial charge in [-0.05, 0) is 115 Å². The average Bonchev–Trinajstić information content (AvgIpc) is 3.42. The van der Waals surface area contributed by atoms with E-state index in [1.807, 2.05) is 6.08 Å². The van der Waals surface area contributed by atoms with Gasteiger partial charge >= 0.3 is 0 Å². The molecule has 4 heterocycles. The van der Waals surface area contributed by atoms with E-state index in [0.717, 1.165) is 23.1 Å². The van der Waals surface area contributed by atoms with Crippen LogP contribution in [-0.4, -0.2) is 48.9 Å². The Morgan fingerprint density at radius 3 is 2.30 bits per heavy atom. The lowest BCUT2D eigenvalue weighted by atomic mass is 9.41. The van der Waals surface area contributed by atoms with Gasteiger partial charge in [0.25, 0.3) is 11.8 Å². The van der Waals surface area contributed by atoms with Crippen LogP contribution in [0.5, 0.6) is 0 Å². The minimum atomic E-state index is -1.91. The van der Waals surface area contributed by atoms with Gasteiger partial charge in [-0.15, -0.1) is 11.3 Å². The van der Waals surface area contributed by atoms with E-state index >= 15 is 0 Å². The van der Waals surface area contributed by atoms with Gasteiger partial charge in [0.15, 0.2) is 5.11 Å². The van der Waals surface area contributed by atoms with Gasteiger partial charge in [0, 0.05) is 30.1 Å². The smallest absolute Gasteiger partial charge is 0.265 e. The molecule has 1 unspecified atom stereocenters. The summed E-state index contributed by atoms with van der Waals surface area (Å²) >= 11 is 7.15.